The van der Waals surface area contributed by atoms with Gasteiger partial charge in [0.05, 0.1) is 54.4 Å². The Bertz CT molecular complexity index is 2120. The maximum atomic E-state index is 12.7. The number of thioether (sulfide) groups is 2. The van der Waals surface area contributed by atoms with Gasteiger partial charge >= 0.3 is 11.9 Å². The zero-order valence-electron chi connectivity index (χ0n) is 24.9. The lowest BCUT2D eigenvalue weighted by molar-refractivity contribution is -0.114. The number of thiazole rings is 2. The molecule has 0 unspecified atom stereocenters. The van der Waals surface area contributed by atoms with Gasteiger partial charge in [0.25, 0.3) is 0 Å². The van der Waals surface area contributed by atoms with Crippen molar-refractivity contribution in [2.24, 2.45) is 0 Å². The molecular weight excluding hydrogens is 748 g/mol. The number of fused-ring (bicyclic) bond motifs is 2. The number of hydrogen-bond acceptors (Lipinski definition) is 10. The van der Waals surface area contributed by atoms with Crippen molar-refractivity contribution in [1.29, 1.82) is 0 Å². The minimum Gasteiger partial charge on any atom is -0.478 e. The summed E-state index contributed by atoms with van der Waals surface area (Å²) in [5.74, 6) is -3.22. The molecule has 4 aromatic carbocycles. The summed E-state index contributed by atoms with van der Waals surface area (Å²) in [7, 11) is 0. The second-order valence-electron chi connectivity index (χ2n) is 10.4. The van der Waals surface area contributed by atoms with Gasteiger partial charge < -0.3 is 20.8 Å². The molecule has 2 aromatic heterocycles. The predicted octanol–water partition coefficient (Wildman–Crippen LogP) is 8.66. The zero-order chi connectivity index (χ0) is 34.7. The summed E-state index contributed by atoms with van der Waals surface area (Å²) < 4.78 is 3.24. The van der Waals surface area contributed by atoms with Gasteiger partial charge in [-0.05, 0) is 78.2 Å². The molecule has 0 radical (unpaired) electrons. The average Bonchev–Trinajstić information content (AvgIpc) is 3.66. The van der Waals surface area contributed by atoms with Gasteiger partial charge in [0.2, 0.25) is 11.8 Å². The highest BCUT2D eigenvalue weighted by Crippen LogP contribution is 2.33. The normalized spacial score (nSPS) is 11.1. The molecule has 0 atom stereocenters. The van der Waals surface area contributed by atoms with Crippen LogP contribution in [0.1, 0.15) is 31.8 Å². The Morgan fingerprint density at radius 3 is 1.47 bits per heavy atom. The maximum Gasteiger partial charge on any atom is 0.337 e. The molecule has 0 spiro atoms. The fraction of sp³-hybridized carbons (Fsp3) is 0.0909. The molecule has 0 fully saturated rings. The van der Waals surface area contributed by atoms with E-state index in [1.807, 2.05) is 12.1 Å². The lowest BCUT2D eigenvalue weighted by atomic mass is 9.99. The molecule has 0 aliphatic heterocycles. The lowest BCUT2D eigenvalue weighted by Crippen LogP contribution is -2.17. The van der Waals surface area contributed by atoms with E-state index in [0.717, 1.165) is 20.4 Å². The van der Waals surface area contributed by atoms with E-state index >= 15 is 0 Å². The first-order valence-corrected chi connectivity index (χ1v) is 18.6. The van der Waals surface area contributed by atoms with E-state index in [1.165, 1.54) is 70.5 Å². The van der Waals surface area contributed by atoms with Gasteiger partial charge in [0.1, 0.15) is 0 Å². The standard InChI is InChI=1S/C33H22Cl2N4O6S4/c34-18-3-7-26-24(12-18)38-32(48-26)46-14-28(40)36-22-5-1-16(10-20(22)30(42)43)9-17-2-6-23(21(11-17)31(44)45)37-29(41)15-47-33-39-25-13-19(35)4-8-27(25)49-33/h1-8,10-13H,9,14-15H2,(H,36,40)(H,37,41)(H,42,43)(H,44,45). The molecule has 16 heteroatoms. The molecular formula is C33H22Cl2N4O6S4. The number of benzene rings is 4. The average molecular weight is 770 g/mol. The van der Waals surface area contributed by atoms with Gasteiger partial charge in [-0.25, -0.2) is 19.6 Å². The minimum absolute atomic E-state index is 0.0191. The Morgan fingerprint density at radius 2 is 1.06 bits per heavy atom. The summed E-state index contributed by atoms with van der Waals surface area (Å²) in [5, 5.41) is 26.2. The number of nitrogens with zero attached hydrogens (tertiary/aromatic N) is 2. The van der Waals surface area contributed by atoms with E-state index in [-0.39, 0.29) is 40.4 Å². The van der Waals surface area contributed by atoms with Crippen LogP contribution in [0, 0.1) is 0 Å². The van der Waals surface area contributed by atoms with Crippen molar-refractivity contribution in [3.05, 3.63) is 105 Å². The van der Waals surface area contributed by atoms with Crippen molar-refractivity contribution in [3.63, 3.8) is 0 Å². The number of carbonyl (C=O) groups is 4. The molecule has 2 amide bonds. The number of carboxylic acid groups (broad SMARTS) is 2. The van der Waals surface area contributed by atoms with Crippen LogP contribution in [0.25, 0.3) is 20.4 Å². The molecule has 248 valence electrons. The van der Waals surface area contributed by atoms with E-state index in [9.17, 15) is 29.4 Å². The molecule has 0 saturated carbocycles. The number of rotatable bonds is 12. The van der Waals surface area contributed by atoms with Crippen LogP contribution in [0.2, 0.25) is 10.0 Å². The number of aromatic carboxylic acids is 2. The number of carboxylic acids is 2. The monoisotopic (exact) mass is 768 g/mol. The van der Waals surface area contributed by atoms with Gasteiger partial charge in [0, 0.05) is 10.0 Å². The summed E-state index contributed by atoms with van der Waals surface area (Å²) in [6.07, 6.45) is 0.206. The largest absolute Gasteiger partial charge is 0.478 e. The number of nitrogens with one attached hydrogen (secondary N) is 2. The first-order chi connectivity index (χ1) is 23.5. The van der Waals surface area contributed by atoms with Gasteiger partial charge in [-0.1, -0.05) is 58.9 Å². The molecule has 6 aromatic rings. The fourth-order valence-electron chi connectivity index (χ4n) is 4.72. The van der Waals surface area contributed by atoms with Crippen LogP contribution in [-0.4, -0.2) is 55.4 Å². The number of aromatic nitrogens is 2. The Kier molecular flexibility index (Phi) is 10.7. The summed E-state index contributed by atoms with van der Waals surface area (Å²) in [4.78, 5) is 58.6. The van der Waals surface area contributed by atoms with E-state index in [4.69, 9.17) is 23.2 Å². The fourth-order valence-corrected chi connectivity index (χ4v) is 8.75. The van der Waals surface area contributed by atoms with Crippen LogP contribution < -0.4 is 10.6 Å². The Labute approximate surface area is 304 Å². The highest BCUT2D eigenvalue weighted by molar-refractivity contribution is 8.02. The number of halogens is 2. The first-order valence-electron chi connectivity index (χ1n) is 14.2. The highest BCUT2D eigenvalue weighted by Gasteiger charge is 2.18. The topological polar surface area (TPSA) is 159 Å². The van der Waals surface area contributed by atoms with E-state index < -0.39 is 23.8 Å². The second kappa shape index (κ2) is 15.2. The summed E-state index contributed by atoms with van der Waals surface area (Å²) in [6, 6.07) is 20.0. The molecule has 10 nitrogen and oxygen atoms in total. The maximum absolute atomic E-state index is 12.7. The van der Waals surface area contributed by atoms with Gasteiger partial charge in [-0.15, -0.1) is 22.7 Å². The van der Waals surface area contributed by atoms with Crippen LogP contribution in [0.5, 0.6) is 0 Å². The van der Waals surface area contributed by atoms with E-state index in [0.29, 0.717) is 29.9 Å². The Balaban J connectivity index is 1.08. The van der Waals surface area contributed by atoms with Gasteiger partial charge in [0.15, 0.2) is 8.68 Å². The van der Waals surface area contributed by atoms with Crippen molar-refractivity contribution >= 4 is 125 Å². The summed E-state index contributed by atoms with van der Waals surface area (Å²) in [5.41, 5.74) is 2.69. The van der Waals surface area contributed by atoms with Crippen LogP contribution in [0.15, 0.2) is 81.5 Å². The van der Waals surface area contributed by atoms with Crippen LogP contribution in [0.3, 0.4) is 0 Å². The van der Waals surface area contributed by atoms with Crippen molar-refractivity contribution in [3.8, 4) is 0 Å². The third kappa shape index (κ3) is 8.71. The molecule has 6 rings (SSSR count). The van der Waals surface area contributed by atoms with Gasteiger partial charge in [-0.2, -0.15) is 0 Å². The predicted molar refractivity (Wildman–Crippen MR) is 198 cm³/mol. The number of anilines is 2. The van der Waals surface area contributed by atoms with Crippen molar-refractivity contribution in [2.45, 2.75) is 15.1 Å². The van der Waals surface area contributed by atoms with Gasteiger partial charge in [-0.3, -0.25) is 9.59 Å². The number of carbonyl (C=O) groups excluding carboxylic acids is 2. The molecule has 0 aliphatic rings. The molecule has 4 N–H and O–H groups in total. The molecule has 49 heavy (non-hydrogen) atoms. The molecule has 2 heterocycles. The molecule has 0 aliphatic carbocycles. The molecule has 0 saturated heterocycles. The van der Waals surface area contributed by atoms with Crippen molar-refractivity contribution in [2.75, 3.05) is 22.1 Å². The Morgan fingerprint density at radius 1 is 0.633 bits per heavy atom. The minimum atomic E-state index is -1.23. The van der Waals surface area contributed by atoms with E-state index in [1.54, 1.807) is 36.4 Å². The zero-order valence-corrected chi connectivity index (χ0v) is 29.6. The summed E-state index contributed by atoms with van der Waals surface area (Å²) in [6.45, 7) is 0. The van der Waals surface area contributed by atoms with E-state index in [2.05, 4.69) is 20.6 Å². The van der Waals surface area contributed by atoms with Crippen LogP contribution in [0.4, 0.5) is 11.4 Å². The SMILES string of the molecule is O=C(CSc1nc2cc(Cl)ccc2s1)Nc1ccc(Cc2ccc(NC(=O)CSc3nc4cc(Cl)ccc4s3)c(C(=O)O)c2)cc1C(=O)O. The third-order valence-electron chi connectivity index (χ3n) is 6.90. The van der Waals surface area contributed by atoms with Crippen LogP contribution in [-0.2, 0) is 16.0 Å². The molecule has 0 bridgehead atoms. The summed E-state index contributed by atoms with van der Waals surface area (Å²) >= 11 is 17.4. The first kappa shape index (κ1) is 34.7. The van der Waals surface area contributed by atoms with Crippen molar-refractivity contribution < 1.29 is 29.4 Å². The number of hydrogen-bond donors (Lipinski definition) is 4. The lowest BCUT2D eigenvalue weighted by Gasteiger charge is -2.12. The van der Waals surface area contributed by atoms with Crippen LogP contribution >= 0.6 is 69.4 Å². The smallest absolute Gasteiger partial charge is 0.337 e. The Hall–Kier alpha value is -4.18. The third-order valence-corrected chi connectivity index (χ3v) is 11.7. The highest BCUT2D eigenvalue weighted by atomic mass is 35.5. The second-order valence-corrected chi connectivity index (χ2v) is 15.8. The number of amides is 2. The van der Waals surface area contributed by atoms with Crippen molar-refractivity contribution in [1.82, 2.24) is 9.97 Å². The quantitative estimate of drug-likeness (QED) is 0.0888.